The smallest absolute Gasteiger partial charge is 0.240 e. The van der Waals surface area contributed by atoms with Gasteiger partial charge in [0.15, 0.2) is 0 Å². The molecule has 0 saturated heterocycles. The van der Waals surface area contributed by atoms with E-state index in [0.717, 1.165) is 22.0 Å². The van der Waals surface area contributed by atoms with Gasteiger partial charge < -0.3 is 0 Å². The van der Waals surface area contributed by atoms with E-state index in [-0.39, 0.29) is 5.91 Å². The molecule has 0 aliphatic carbocycles. The molecule has 1 aromatic carbocycles. The highest BCUT2D eigenvalue weighted by molar-refractivity contribution is 14.1. The quantitative estimate of drug-likeness (QED) is 0.228. The molecular weight excluding hydrogens is 387 g/mol. The zero-order chi connectivity index (χ0) is 16.0. The van der Waals surface area contributed by atoms with E-state index >= 15 is 0 Å². The number of nitrogens with zero attached hydrogens (tertiary/aromatic N) is 1. The van der Waals surface area contributed by atoms with Crippen LogP contribution in [-0.4, -0.2) is 12.1 Å². The van der Waals surface area contributed by atoms with Crippen molar-refractivity contribution in [2.45, 2.75) is 64.7 Å². The van der Waals surface area contributed by atoms with Crippen molar-refractivity contribution in [2.24, 2.45) is 5.10 Å². The first-order valence-electron chi connectivity index (χ1n) is 8.30. The molecule has 122 valence electrons. The fourth-order valence-corrected chi connectivity index (χ4v) is 2.76. The number of rotatable bonds is 11. The molecule has 3 nitrogen and oxygen atoms in total. The Balaban J connectivity index is 2.05. The number of unbranched alkanes of at least 4 members (excludes halogenated alkanes) is 7. The lowest BCUT2D eigenvalue weighted by atomic mass is 10.1. The number of hydrogen-bond acceptors (Lipinski definition) is 2. The van der Waals surface area contributed by atoms with Gasteiger partial charge in [0.1, 0.15) is 0 Å². The van der Waals surface area contributed by atoms with Crippen LogP contribution in [0.2, 0.25) is 0 Å². The maximum atomic E-state index is 11.7. The third-order valence-electron chi connectivity index (χ3n) is 3.56. The topological polar surface area (TPSA) is 41.5 Å². The Morgan fingerprint density at radius 1 is 1.09 bits per heavy atom. The summed E-state index contributed by atoms with van der Waals surface area (Å²) in [5.41, 5.74) is 3.63. The molecule has 1 amide bonds. The van der Waals surface area contributed by atoms with Crippen LogP contribution in [0.1, 0.15) is 70.3 Å². The van der Waals surface area contributed by atoms with Gasteiger partial charge in [0.25, 0.3) is 0 Å². The Morgan fingerprint density at radius 3 is 2.41 bits per heavy atom. The van der Waals surface area contributed by atoms with E-state index in [0.29, 0.717) is 6.42 Å². The molecule has 0 unspecified atom stereocenters. The van der Waals surface area contributed by atoms with Crippen molar-refractivity contribution in [1.82, 2.24) is 5.43 Å². The van der Waals surface area contributed by atoms with Crippen LogP contribution >= 0.6 is 22.6 Å². The van der Waals surface area contributed by atoms with Gasteiger partial charge in [0.2, 0.25) is 5.91 Å². The maximum Gasteiger partial charge on any atom is 0.240 e. The molecule has 22 heavy (non-hydrogen) atoms. The van der Waals surface area contributed by atoms with E-state index in [1.54, 1.807) is 6.21 Å². The average Bonchev–Trinajstić information content (AvgIpc) is 2.52. The number of benzene rings is 1. The number of carbonyl (C=O) groups is 1. The first-order chi connectivity index (χ1) is 10.7. The van der Waals surface area contributed by atoms with Crippen LogP contribution in [0.25, 0.3) is 0 Å². The van der Waals surface area contributed by atoms with Gasteiger partial charge in [-0.2, -0.15) is 5.10 Å². The van der Waals surface area contributed by atoms with Gasteiger partial charge in [-0.15, -0.1) is 0 Å². The lowest BCUT2D eigenvalue weighted by Gasteiger charge is -2.02. The lowest BCUT2D eigenvalue weighted by Crippen LogP contribution is -2.17. The molecule has 0 fully saturated rings. The minimum Gasteiger partial charge on any atom is -0.273 e. The summed E-state index contributed by atoms with van der Waals surface area (Å²) in [6.07, 6.45) is 12.2. The van der Waals surface area contributed by atoms with Crippen LogP contribution in [0.4, 0.5) is 0 Å². The molecule has 1 N–H and O–H groups in total. The summed E-state index contributed by atoms with van der Waals surface area (Å²) in [5.74, 6) is 0.00757. The Labute approximate surface area is 148 Å². The maximum absolute atomic E-state index is 11.7. The van der Waals surface area contributed by atoms with Crippen LogP contribution in [0.15, 0.2) is 29.4 Å². The first-order valence-corrected chi connectivity index (χ1v) is 9.38. The summed E-state index contributed by atoms with van der Waals surface area (Å²) >= 11 is 2.26. The fourth-order valence-electron chi connectivity index (χ4n) is 2.23. The Kier molecular flexibility index (Phi) is 11.0. The number of hydrazone groups is 1. The second-order valence-electron chi connectivity index (χ2n) is 5.54. The molecule has 0 heterocycles. The molecule has 0 bridgehead atoms. The van der Waals surface area contributed by atoms with Gasteiger partial charge >= 0.3 is 0 Å². The predicted molar refractivity (Wildman–Crippen MR) is 102 cm³/mol. The highest BCUT2D eigenvalue weighted by atomic mass is 127. The monoisotopic (exact) mass is 414 g/mol. The van der Waals surface area contributed by atoms with E-state index in [4.69, 9.17) is 0 Å². The molecule has 0 saturated carbocycles. The van der Waals surface area contributed by atoms with Crippen molar-refractivity contribution >= 4 is 34.7 Å². The van der Waals surface area contributed by atoms with Crippen LogP contribution in [-0.2, 0) is 4.79 Å². The molecule has 4 heteroatoms. The molecule has 1 aromatic rings. The summed E-state index contributed by atoms with van der Waals surface area (Å²) < 4.78 is 1.13. The molecule has 0 atom stereocenters. The second-order valence-corrected chi connectivity index (χ2v) is 6.70. The van der Waals surface area contributed by atoms with Crippen molar-refractivity contribution in [3.63, 3.8) is 0 Å². The van der Waals surface area contributed by atoms with E-state index in [1.165, 1.54) is 38.5 Å². The normalized spacial score (nSPS) is 11.0. The highest BCUT2D eigenvalue weighted by Gasteiger charge is 2.00. The second kappa shape index (κ2) is 12.6. The minimum atomic E-state index is 0.00757. The van der Waals surface area contributed by atoms with Gasteiger partial charge in [-0.3, -0.25) is 4.79 Å². The van der Waals surface area contributed by atoms with Crippen LogP contribution in [0.5, 0.6) is 0 Å². The average molecular weight is 414 g/mol. The molecule has 0 radical (unpaired) electrons. The molecule has 0 spiro atoms. The lowest BCUT2D eigenvalue weighted by molar-refractivity contribution is -0.121. The summed E-state index contributed by atoms with van der Waals surface area (Å²) in [6.45, 7) is 2.24. The SMILES string of the molecule is CCCCCCCCCCC(=O)NN=Cc1ccccc1I. The zero-order valence-electron chi connectivity index (χ0n) is 13.5. The Hall–Kier alpha value is -0.910. The number of amides is 1. The first kappa shape index (κ1) is 19.1. The highest BCUT2D eigenvalue weighted by Crippen LogP contribution is 2.10. The Bertz CT molecular complexity index is 460. The zero-order valence-corrected chi connectivity index (χ0v) is 15.6. The number of carbonyl (C=O) groups excluding carboxylic acids is 1. The summed E-state index contributed by atoms with van der Waals surface area (Å²) in [4.78, 5) is 11.7. The van der Waals surface area contributed by atoms with Crippen LogP contribution in [0.3, 0.4) is 0 Å². The van der Waals surface area contributed by atoms with Crippen LogP contribution < -0.4 is 5.43 Å². The molecule has 0 aromatic heterocycles. The van der Waals surface area contributed by atoms with Gasteiger partial charge in [-0.05, 0) is 35.1 Å². The van der Waals surface area contributed by atoms with Crippen molar-refractivity contribution in [2.75, 3.05) is 0 Å². The van der Waals surface area contributed by atoms with E-state index in [9.17, 15) is 4.79 Å². The summed E-state index contributed by atoms with van der Waals surface area (Å²) in [5, 5.41) is 4.02. The van der Waals surface area contributed by atoms with E-state index < -0.39 is 0 Å². The van der Waals surface area contributed by atoms with Crippen molar-refractivity contribution < 1.29 is 4.79 Å². The number of hydrogen-bond donors (Lipinski definition) is 1. The molecular formula is C18H27IN2O. The van der Waals surface area contributed by atoms with Crippen LogP contribution in [0, 0.1) is 3.57 Å². The van der Waals surface area contributed by atoms with Crippen molar-refractivity contribution in [1.29, 1.82) is 0 Å². The number of nitrogens with one attached hydrogen (secondary N) is 1. The van der Waals surface area contributed by atoms with Gasteiger partial charge in [-0.1, -0.05) is 70.1 Å². The van der Waals surface area contributed by atoms with Crippen molar-refractivity contribution in [3.8, 4) is 0 Å². The largest absolute Gasteiger partial charge is 0.273 e. The Morgan fingerprint density at radius 2 is 1.73 bits per heavy atom. The van der Waals surface area contributed by atoms with E-state index in [2.05, 4.69) is 40.0 Å². The van der Waals surface area contributed by atoms with Crippen molar-refractivity contribution in [3.05, 3.63) is 33.4 Å². The number of halogens is 1. The summed E-state index contributed by atoms with van der Waals surface area (Å²) in [6, 6.07) is 7.95. The molecule has 0 aliphatic rings. The third-order valence-corrected chi connectivity index (χ3v) is 4.54. The fraction of sp³-hybridized carbons (Fsp3) is 0.556. The third kappa shape index (κ3) is 9.18. The standard InChI is InChI=1S/C18H27IN2O/c1-2-3-4-5-6-7-8-9-14-18(22)21-20-15-16-12-10-11-13-17(16)19/h10-13,15H,2-9,14H2,1H3,(H,21,22). The van der Waals surface area contributed by atoms with Gasteiger partial charge in [0, 0.05) is 15.6 Å². The minimum absolute atomic E-state index is 0.00757. The summed E-state index contributed by atoms with van der Waals surface area (Å²) in [7, 11) is 0. The predicted octanol–water partition coefficient (Wildman–Crippen LogP) is 5.27. The van der Waals surface area contributed by atoms with E-state index in [1.807, 2.05) is 24.3 Å². The molecule has 0 aliphatic heterocycles. The molecule has 1 rings (SSSR count). The van der Waals surface area contributed by atoms with Gasteiger partial charge in [0.05, 0.1) is 6.21 Å². The van der Waals surface area contributed by atoms with Gasteiger partial charge in [-0.25, -0.2) is 5.43 Å².